The molecule has 1 saturated heterocycles. The van der Waals surface area contributed by atoms with E-state index >= 15 is 8.78 Å². The predicted molar refractivity (Wildman–Crippen MR) is 140 cm³/mol. The highest BCUT2D eigenvalue weighted by atomic mass is 19.4. The number of halogens is 7. The van der Waals surface area contributed by atoms with Gasteiger partial charge in [0.15, 0.2) is 17.9 Å². The Morgan fingerprint density at radius 3 is 1.86 bits per heavy atom. The molecular formula is C31H35F7O4. The van der Waals surface area contributed by atoms with E-state index in [0.717, 1.165) is 69.2 Å². The SMILES string of the molecule is CC1COC(C2CCC(C3CCC(C(F)(F)Oc4ccc(-c5ccc(OC(F)(F)F)c(F)c5)c(F)c4)CC3)CC2)OC1. The van der Waals surface area contributed by atoms with Gasteiger partial charge < -0.3 is 18.9 Å². The van der Waals surface area contributed by atoms with Crippen molar-refractivity contribution >= 4 is 0 Å². The van der Waals surface area contributed by atoms with Gasteiger partial charge in [-0.05, 0) is 93.0 Å². The highest BCUT2D eigenvalue weighted by molar-refractivity contribution is 5.66. The standard InChI is InChI=1S/C31H35F7O4/c1-18-16-39-29(40-17-18)21-4-2-19(3-5-21)20-6-9-23(10-7-20)30(34,35)41-24-11-12-25(26(32)15-24)22-8-13-28(27(33)14-22)42-31(36,37)38/h8,11-15,18-21,23,29H,2-7,9-10,16-17H2,1H3. The van der Waals surface area contributed by atoms with Crippen molar-refractivity contribution in [1.29, 1.82) is 0 Å². The van der Waals surface area contributed by atoms with Gasteiger partial charge in [-0.15, -0.1) is 13.2 Å². The van der Waals surface area contributed by atoms with Gasteiger partial charge in [-0.25, -0.2) is 8.78 Å². The Hall–Kier alpha value is -2.53. The molecule has 11 heteroatoms. The van der Waals surface area contributed by atoms with E-state index in [2.05, 4.69) is 11.7 Å². The lowest BCUT2D eigenvalue weighted by atomic mass is 9.69. The van der Waals surface area contributed by atoms with Crippen molar-refractivity contribution in [1.82, 2.24) is 0 Å². The summed E-state index contributed by atoms with van der Waals surface area (Å²) in [4.78, 5) is 0. The van der Waals surface area contributed by atoms with Crippen molar-refractivity contribution in [3.63, 3.8) is 0 Å². The van der Waals surface area contributed by atoms with Crippen LogP contribution in [0.1, 0.15) is 58.3 Å². The normalized spacial score (nSPS) is 29.2. The van der Waals surface area contributed by atoms with Crippen LogP contribution in [0.25, 0.3) is 11.1 Å². The van der Waals surface area contributed by atoms with E-state index in [-0.39, 0.29) is 23.2 Å². The number of rotatable bonds is 7. The van der Waals surface area contributed by atoms with Crippen molar-refractivity contribution in [3.8, 4) is 22.6 Å². The van der Waals surface area contributed by atoms with Gasteiger partial charge in [0.1, 0.15) is 11.6 Å². The third-order valence-corrected chi connectivity index (χ3v) is 8.87. The third-order valence-electron chi connectivity index (χ3n) is 8.87. The highest BCUT2D eigenvalue weighted by Gasteiger charge is 2.45. The van der Waals surface area contributed by atoms with E-state index < -0.39 is 35.8 Å². The zero-order valence-corrected chi connectivity index (χ0v) is 23.3. The van der Waals surface area contributed by atoms with Gasteiger partial charge in [-0.1, -0.05) is 13.0 Å². The van der Waals surface area contributed by atoms with Crippen molar-refractivity contribution < 1.29 is 49.7 Å². The minimum absolute atomic E-state index is 0.0846. The molecule has 0 N–H and O–H groups in total. The zero-order chi connectivity index (χ0) is 30.1. The maximum absolute atomic E-state index is 15.1. The Morgan fingerprint density at radius 2 is 1.29 bits per heavy atom. The molecule has 0 unspecified atom stereocenters. The highest BCUT2D eigenvalue weighted by Crippen LogP contribution is 2.46. The van der Waals surface area contributed by atoms with Gasteiger partial charge in [-0.3, -0.25) is 0 Å². The molecule has 2 aromatic carbocycles. The van der Waals surface area contributed by atoms with Crippen LogP contribution in [0.15, 0.2) is 36.4 Å². The van der Waals surface area contributed by atoms with Crippen molar-refractivity contribution in [2.75, 3.05) is 13.2 Å². The average Bonchev–Trinajstić information content (AvgIpc) is 2.94. The van der Waals surface area contributed by atoms with E-state index in [4.69, 9.17) is 14.2 Å². The molecule has 0 radical (unpaired) electrons. The smallest absolute Gasteiger partial charge is 0.432 e. The summed E-state index contributed by atoms with van der Waals surface area (Å²) in [5, 5.41) is 0. The number of hydrogen-bond donors (Lipinski definition) is 0. The second-order valence-electron chi connectivity index (χ2n) is 11.9. The first-order chi connectivity index (χ1) is 19.9. The topological polar surface area (TPSA) is 36.9 Å². The van der Waals surface area contributed by atoms with Crippen molar-refractivity contribution in [2.45, 2.75) is 77.1 Å². The fourth-order valence-electron chi connectivity index (χ4n) is 6.61. The first-order valence-electron chi connectivity index (χ1n) is 14.5. The van der Waals surface area contributed by atoms with Crippen LogP contribution in [0.2, 0.25) is 0 Å². The van der Waals surface area contributed by atoms with Crippen molar-refractivity contribution in [2.24, 2.45) is 29.6 Å². The van der Waals surface area contributed by atoms with Crippen LogP contribution in [0.3, 0.4) is 0 Å². The summed E-state index contributed by atoms with van der Waals surface area (Å²) in [7, 11) is 0. The molecule has 0 atom stereocenters. The maximum atomic E-state index is 15.1. The zero-order valence-electron chi connectivity index (χ0n) is 23.3. The van der Waals surface area contributed by atoms with Crippen LogP contribution >= 0.6 is 0 Å². The summed E-state index contributed by atoms with van der Waals surface area (Å²) in [5.74, 6) is -3.10. The monoisotopic (exact) mass is 604 g/mol. The van der Waals surface area contributed by atoms with E-state index in [1.54, 1.807) is 0 Å². The summed E-state index contributed by atoms with van der Waals surface area (Å²) in [5.41, 5.74) is -0.270. The Morgan fingerprint density at radius 1 is 0.690 bits per heavy atom. The summed E-state index contributed by atoms with van der Waals surface area (Å²) >= 11 is 0. The van der Waals surface area contributed by atoms with Gasteiger partial charge in [0, 0.05) is 23.5 Å². The minimum atomic E-state index is -5.09. The molecule has 3 aliphatic rings. The first kappa shape index (κ1) is 30.9. The van der Waals surface area contributed by atoms with E-state index in [0.29, 0.717) is 55.4 Å². The summed E-state index contributed by atoms with van der Waals surface area (Å²) in [6.45, 7) is 3.54. The second kappa shape index (κ2) is 12.6. The molecule has 232 valence electrons. The first-order valence-corrected chi connectivity index (χ1v) is 14.5. The van der Waals surface area contributed by atoms with E-state index in [1.807, 2.05) is 0 Å². The molecule has 2 aliphatic carbocycles. The molecule has 42 heavy (non-hydrogen) atoms. The van der Waals surface area contributed by atoms with Crippen molar-refractivity contribution in [3.05, 3.63) is 48.0 Å². The van der Waals surface area contributed by atoms with Crippen LogP contribution in [0.5, 0.6) is 11.5 Å². The second-order valence-corrected chi connectivity index (χ2v) is 11.9. The largest absolute Gasteiger partial charge is 0.573 e. The van der Waals surface area contributed by atoms with Crippen LogP contribution in [-0.2, 0) is 9.47 Å². The molecule has 0 aromatic heterocycles. The van der Waals surface area contributed by atoms with Gasteiger partial charge in [0.2, 0.25) is 0 Å². The van der Waals surface area contributed by atoms with Gasteiger partial charge in [-0.2, -0.15) is 8.78 Å². The lowest BCUT2D eigenvalue weighted by molar-refractivity contribution is -0.275. The number of benzene rings is 2. The van der Waals surface area contributed by atoms with Gasteiger partial charge in [0.25, 0.3) is 0 Å². The number of hydrogen-bond acceptors (Lipinski definition) is 4. The maximum Gasteiger partial charge on any atom is 0.573 e. The molecule has 3 fully saturated rings. The molecule has 4 nitrogen and oxygen atoms in total. The Balaban J connectivity index is 1.13. The lowest BCUT2D eigenvalue weighted by Gasteiger charge is -2.41. The summed E-state index contributed by atoms with van der Waals surface area (Å²) in [6, 6.07) is 5.47. The van der Waals surface area contributed by atoms with Gasteiger partial charge >= 0.3 is 12.5 Å². The van der Waals surface area contributed by atoms with Crippen LogP contribution in [0, 0.1) is 41.2 Å². The van der Waals surface area contributed by atoms with Crippen LogP contribution in [-0.4, -0.2) is 32.0 Å². The molecule has 0 bridgehead atoms. The summed E-state index contributed by atoms with van der Waals surface area (Å²) in [6.07, 6.45) is -2.65. The Kier molecular flexibility index (Phi) is 9.27. The molecule has 1 heterocycles. The molecule has 0 spiro atoms. The average molecular weight is 605 g/mol. The minimum Gasteiger partial charge on any atom is -0.432 e. The van der Waals surface area contributed by atoms with Crippen LogP contribution in [0.4, 0.5) is 30.7 Å². The van der Waals surface area contributed by atoms with Gasteiger partial charge in [0.05, 0.1) is 19.1 Å². The summed E-state index contributed by atoms with van der Waals surface area (Å²) < 4.78 is 117. The molecule has 2 saturated carbocycles. The fraction of sp³-hybridized carbons (Fsp3) is 0.613. The van der Waals surface area contributed by atoms with Crippen LogP contribution < -0.4 is 9.47 Å². The molecular weight excluding hydrogens is 569 g/mol. The van der Waals surface area contributed by atoms with E-state index in [9.17, 15) is 22.0 Å². The predicted octanol–water partition coefficient (Wildman–Crippen LogP) is 9.12. The fourth-order valence-corrected chi connectivity index (χ4v) is 6.61. The number of ether oxygens (including phenoxy) is 4. The van der Waals surface area contributed by atoms with E-state index in [1.165, 1.54) is 0 Å². The third kappa shape index (κ3) is 7.51. The Labute approximate surface area is 240 Å². The molecule has 2 aromatic rings. The number of alkyl halides is 5. The lowest BCUT2D eigenvalue weighted by Crippen LogP contribution is -2.40. The Bertz CT molecular complexity index is 1200. The molecule has 1 aliphatic heterocycles. The molecule has 5 rings (SSSR count). The molecule has 0 amide bonds. The quantitative estimate of drug-likeness (QED) is 0.296.